The predicted molar refractivity (Wildman–Crippen MR) is 119 cm³/mol. The van der Waals surface area contributed by atoms with E-state index in [0.717, 1.165) is 5.56 Å². The number of hydrogen-bond donors (Lipinski definition) is 1. The van der Waals surface area contributed by atoms with Gasteiger partial charge in [-0.1, -0.05) is 36.4 Å². The number of benzene rings is 3. The van der Waals surface area contributed by atoms with Gasteiger partial charge in [-0.25, -0.2) is 0 Å². The topological polar surface area (TPSA) is 55.4 Å². The van der Waals surface area contributed by atoms with E-state index in [-0.39, 0.29) is 11.7 Å². The van der Waals surface area contributed by atoms with Gasteiger partial charge in [0.1, 0.15) is 5.75 Å². The fourth-order valence-corrected chi connectivity index (χ4v) is 3.11. The Hall–Kier alpha value is -3.31. The molecular formula is C24H21NO3S. The fraction of sp³-hybridized carbons (Fsp3) is 0.0833. The number of hydrogen-bond acceptors (Lipinski definition) is 4. The van der Waals surface area contributed by atoms with Gasteiger partial charge in [0.15, 0.2) is 5.78 Å². The maximum atomic E-state index is 12.5. The van der Waals surface area contributed by atoms with Crippen LogP contribution in [0.3, 0.4) is 0 Å². The number of ether oxygens (including phenoxy) is 1. The lowest BCUT2D eigenvalue weighted by Crippen LogP contribution is -2.12. The summed E-state index contributed by atoms with van der Waals surface area (Å²) in [4.78, 5) is 26.1. The molecule has 29 heavy (non-hydrogen) atoms. The number of ketones is 1. The maximum Gasteiger partial charge on any atom is 0.255 e. The van der Waals surface area contributed by atoms with Crippen molar-refractivity contribution in [3.8, 4) is 5.75 Å². The SMILES string of the molecule is COc1cccc(C(=O)Nc2cccc(C(=O)/C=C/c3ccc(SC)cc3)c2)c1. The zero-order valence-corrected chi connectivity index (χ0v) is 17.0. The number of thioether (sulfide) groups is 1. The zero-order chi connectivity index (χ0) is 20.6. The Labute approximate surface area is 174 Å². The van der Waals surface area contributed by atoms with E-state index in [1.165, 1.54) is 11.0 Å². The minimum absolute atomic E-state index is 0.128. The first-order valence-electron chi connectivity index (χ1n) is 9.01. The van der Waals surface area contributed by atoms with Crippen molar-refractivity contribution < 1.29 is 14.3 Å². The van der Waals surface area contributed by atoms with E-state index < -0.39 is 0 Å². The van der Waals surface area contributed by atoms with Crippen LogP contribution in [0.4, 0.5) is 5.69 Å². The summed E-state index contributed by atoms with van der Waals surface area (Å²) in [5.41, 5.74) is 2.50. The molecule has 0 aliphatic rings. The number of allylic oxidation sites excluding steroid dienone is 1. The summed E-state index contributed by atoms with van der Waals surface area (Å²) < 4.78 is 5.15. The van der Waals surface area contributed by atoms with Gasteiger partial charge in [0.2, 0.25) is 0 Å². The normalized spacial score (nSPS) is 10.7. The van der Waals surface area contributed by atoms with E-state index in [9.17, 15) is 9.59 Å². The number of rotatable bonds is 7. The number of nitrogens with one attached hydrogen (secondary N) is 1. The molecule has 0 heterocycles. The van der Waals surface area contributed by atoms with Crippen LogP contribution in [0, 0.1) is 0 Å². The monoisotopic (exact) mass is 403 g/mol. The molecule has 0 saturated carbocycles. The largest absolute Gasteiger partial charge is 0.497 e. The van der Waals surface area contributed by atoms with Gasteiger partial charge in [-0.2, -0.15) is 0 Å². The molecule has 0 aliphatic heterocycles. The highest BCUT2D eigenvalue weighted by Gasteiger charge is 2.09. The molecule has 0 spiro atoms. The molecule has 0 unspecified atom stereocenters. The quantitative estimate of drug-likeness (QED) is 0.318. The van der Waals surface area contributed by atoms with Crippen LogP contribution >= 0.6 is 11.8 Å². The maximum absolute atomic E-state index is 12.5. The van der Waals surface area contributed by atoms with Gasteiger partial charge >= 0.3 is 0 Å². The number of anilines is 1. The molecule has 3 rings (SSSR count). The van der Waals surface area contributed by atoms with Gasteiger partial charge in [-0.3, -0.25) is 9.59 Å². The third-order valence-electron chi connectivity index (χ3n) is 4.28. The molecule has 0 bridgehead atoms. The molecule has 0 atom stereocenters. The number of carbonyl (C=O) groups excluding carboxylic acids is 2. The van der Waals surface area contributed by atoms with E-state index in [0.29, 0.717) is 22.6 Å². The van der Waals surface area contributed by atoms with Crippen LogP contribution in [0.2, 0.25) is 0 Å². The van der Waals surface area contributed by atoms with Crippen LogP contribution in [0.1, 0.15) is 26.3 Å². The molecular weight excluding hydrogens is 382 g/mol. The second-order valence-electron chi connectivity index (χ2n) is 6.24. The first-order chi connectivity index (χ1) is 14.1. The molecule has 146 valence electrons. The van der Waals surface area contributed by atoms with Crippen molar-refractivity contribution >= 4 is 35.2 Å². The van der Waals surface area contributed by atoms with E-state index in [4.69, 9.17) is 4.74 Å². The van der Waals surface area contributed by atoms with Crippen molar-refractivity contribution in [2.45, 2.75) is 4.90 Å². The molecule has 3 aromatic carbocycles. The smallest absolute Gasteiger partial charge is 0.255 e. The molecule has 0 aliphatic carbocycles. The van der Waals surface area contributed by atoms with Crippen LogP contribution in [0.5, 0.6) is 5.75 Å². The molecule has 1 amide bonds. The van der Waals surface area contributed by atoms with Crippen molar-refractivity contribution in [2.75, 3.05) is 18.7 Å². The highest BCUT2D eigenvalue weighted by molar-refractivity contribution is 7.98. The molecule has 0 fully saturated rings. The third kappa shape index (κ3) is 5.59. The molecule has 3 aromatic rings. The lowest BCUT2D eigenvalue weighted by atomic mass is 10.1. The Kier molecular flexibility index (Phi) is 6.87. The van der Waals surface area contributed by atoms with E-state index in [1.807, 2.05) is 30.5 Å². The summed E-state index contributed by atoms with van der Waals surface area (Å²) in [6.45, 7) is 0. The van der Waals surface area contributed by atoms with E-state index in [1.54, 1.807) is 73.5 Å². The van der Waals surface area contributed by atoms with Gasteiger partial charge in [-0.05, 0) is 60.4 Å². The third-order valence-corrected chi connectivity index (χ3v) is 5.02. The summed E-state index contributed by atoms with van der Waals surface area (Å²) >= 11 is 1.67. The highest BCUT2D eigenvalue weighted by Crippen LogP contribution is 2.18. The van der Waals surface area contributed by atoms with E-state index >= 15 is 0 Å². The van der Waals surface area contributed by atoms with Crippen LogP contribution in [0.15, 0.2) is 83.8 Å². The van der Waals surface area contributed by atoms with Crippen LogP contribution in [-0.2, 0) is 0 Å². The van der Waals surface area contributed by atoms with E-state index in [2.05, 4.69) is 5.32 Å². The van der Waals surface area contributed by atoms with Crippen molar-refractivity contribution in [1.82, 2.24) is 0 Å². The Bertz CT molecular complexity index is 1040. The second-order valence-corrected chi connectivity index (χ2v) is 7.12. The predicted octanol–water partition coefficient (Wildman–Crippen LogP) is 5.57. The van der Waals surface area contributed by atoms with Crippen molar-refractivity contribution in [2.24, 2.45) is 0 Å². The van der Waals surface area contributed by atoms with Gasteiger partial charge in [0.25, 0.3) is 5.91 Å². The Morgan fingerprint density at radius 1 is 0.931 bits per heavy atom. The van der Waals surface area contributed by atoms with Crippen molar-refractivity contribution in [3.63, 3.8) is 0 Å². The molecule has 5 heteroatoms. The van der Waals surface area contributed by atoms with Gasteiger partial charge in [-0.15, -0.1) is 11.8 Å². The molecule has 0 saturated heterocycles. The summed E-state index contributed by atoms with van der Waals surface area (Å²) in [6, 6.07) is 21.8. The average Bonchev–Trinajstić information content (AvgIpc) is 2.78. The first-order valence-corrected chi connectivity index (χ1v) is 10.2. The Morgan fingerprint density at radius 3 is 2.38 bits per heavy atom. The van der Waals surface area contributed by atoms with Crippen molar-refractivity contribution in [3.05, 3.63) is 95.6 Å². The summed E-state index contributed by atoms with van der Waals surface area (Å²) in [7, 11) is 1.55. The van der Waals surface area contributed by atoms with Crippen LogP contribution in [0.25, 0.3) is 6.08 Å². The van der Waals surface area contributed by atoms with Gasteiger partial charge in [0.05, 0.1) is 7.11 Å². The number of methoxy groups -OCH3 is 1. The first kappa shape index (κ1) is 20.4. The minimum atomic E-state index is -0.266. The lowest BCUT2D eigenvalue weighted by Gasteiger charge is -2.07. The molecule has 0 radical (unpaired) electrons. The van der Waals surface area contributed by atoms with Gasteiger partial charge < -0.3 is 10.1 Å². The zero-order valence-electron chi connectivity index (χ0n) is 16.2. The lowest BCUT2D eigenvalue weighted by molar-refractivity contribution is 0.102. The van der Waals surface area contributed by atoms with Crippen molar-refractivity contribution in [1.29, 1.82) is 0 Å². The standard InChI is InChI=1S/C24H21NO3S/c1-28-21-8-4-6-19(16-21)24(27)25-20-7-3-5-18(15-20)23(26)14-11-17-9-12-22(29-2)13-10-17/h3-16H,1-2H3,(H,25,27)/b14-11+. The number of carbonyl (C=O) groups is 2. The van der Waals surface area contributed by atoms with Crippen LogP contribution in [-0.4, -0.2) is 25.1 Å². The minimum Gasteiger partial charge on any atom is -0.497 e. The molecule has 1 N–H and O–H groups in total. The number of amides is 1. The highest BCUT2D eigenvalue weighted by atomic mass is 32.2. The average molecular weight is 404 g/mol. The molecule has 0 aromatic heterocycles. The van der Waals surface area contributed by atoms with Gasteiger partial charge in [0, 0.05) is 21.7 Å². The summed E-state index contributed by atoms with van der Waals surface area (Å²) in [6.07, 6.45) is 5.35. The Balaban J connectivity index is 1.70. The molecule has 4 nitrogen and oxygen atoms in total. The van der Waals surface area contributed by atoms with Crippen LogP contribution < -0.4 is 10.1 Å². The Morgan fingerprint density at radius 2 is 1.66 bits per heavy atom. The summed E-state index contributed by atoms with van der Waals surface area (Å²) in [5, 5.41) is 2.82. The fourth-order valence-electron chi connectivity index (χ4n) is 2.70. The second kappa shape index (κ2) is 9.75. The summed E-state index contributed by atoms with van der Waals surface area (Å²) in [5.74, 6) is 0.214.